The maximum Gasteiger partial charge on any atom is 0.217 e. The van der Waals surface area contributed by atoms with E-state index in [0.29, 0.717) is 0 Å². The fraction of sp³-hybridized carbons (Fsp3) is 0.143. The predicted octanol–water partition coefficient (Wildman–Crippen LogP) is 5.20. The molecule has 0 aliphatic heterocycles. The van der Waals surface area contributed by atoms with Crippen LogP contribution < -0.4 is 5.19 Å². The van der Waals surface area contributed by atoms with Crippen molar-refractivity contribution in [3.63, 3.8) is 0 Å². The summed E-state index contributed by atoms with van der Waals surface area (Å²) in [6, 6.07) is 24.5. The lowest BCUT2D eigenvalue weighted by Crippen LogP contribution is -2.43. The molecule has 0 bridgehead atoms. The minimum Gasteiger partial charge on any atom is -0.416 e. The number of rotatable bonds is 2. The lowest BCUT2D eigenvalue weighted by molar-refractivity contribution is 0.416. The number of hydrogen-bond acceptors (Lipinski definition) is 1. The van der Waals surface area contributed by atoms with Crippen LogP contribution in [0.5, 0.6) is 0 Å². The molecule has 4 aromatic rings. The van der Waals surface area contributed by atoms with E-state index in [0.717, 1.165) is 0 Å². The summed E-state index contributed by atoms with van der Waals surface area (Å²) in [6.07, 6.45) is 0. The van der Waals surface area contributed by atoms with E-state index in [1.807, 2.05) is 7.11 Å². The summed E-state index contributed by atoms with van der Waals surface area (Å²) in [5.74, 6) is 0. The summed E-state index contributed by atoms with van der Waals surface area (Å²) in [7, 11) is 0.0406. The van der Waals surface area contributed by atoms with Crippen molar-refractivity contribution < 1.29 is 4.43 Å². The van der Waals surface area contributed by atoms with Gasteiger partial charge < -0.3 is 4.43 Å². The molecule has 0 unspecified atom stereocenters. The minimum atomic E-state index is -1.78. The molecule has 114 valence electrons. The number of fused-ring (bicyclic) bond motifs is 3. The summed E-state index contributed by atoms with van der Waals surface area (Å²) in [5.41, 5.74) is 0. The topological polar surface area (TPSA) is 9.23 Å². The van der Waals surface area contributed by atoms with Crippen molar-refractivity contribution in [3.8, 4) is 0 Å². The van der Waals surface area contributed by atoms with Crippen LogP contribution in [0.2, 0.25) is 13.1 Å². The molecule has 0 radical (unpaired) electrons. The van der Waals surface area contributed by atoms with Crippen molar-refractivity contribution in [2.45, 2.75) is 13.1 Å². The van der Waals surface area contributed by atoms with Crippen LogP contribution in [-0.4, -0.2) is 15.4 Å². The number of hydrogen-bond donors (Lipinski definition) is 0. The zero-order valence-electron chi connectivity index (χ0n) is 13.8. The average molecular weight is 316 g/mol. The molecule has 0 atom stereocenters. The van der Waals surface area contributed by atoms with Gasteiger partial charge in [-0.15, -0.1) is 0 Å². The Balaban J connectivity index is 1.99. The van der Waals surface area contributed by atoms with Gasteiger partial charge >= 0.3 is 0 Å². The molecule has 0 aliphatic rings. The Labute approximate surface area is 137 Å². The molecule has 0 saturated carbocycles. The Kier molecular flexibility index (Phi) is 3.25. The standard InChI is InChI=1S/C21H20OSi/c1-22-23(2,3)21-9-8-17-12-18-10-15-6-4-5-7-16(15)11-19(18)13-20(17)14-21/h4-14H,1-3H3. The van der Waals surface area contributed by atoms with Crippen molar-refractivity contribution in [3.05, 3.63) is 66.7 Å². The van der Waals surface area contributed by atoms with E-state index >= 15 is 0 Å². The van der Waals surface area contributed by atoms with E-state index in [-0.39, 0.29) is 0 Å². The van der Waals surface area contributed by atoms with Crippen LogP contribution in [0.4, 0.5) is 0 Å². The maximum absolute atomic E-state index is 5.76. The van der Waals surface area contributed by atoms with Gasteiger partial charge in [0.05, 0.1) is 0 Å². The highest BCUT2D eigenvalue weighted by Crippen LogP contribution is 2.27. The smallest absolute Gasteiger partial charge is 0.217 e. The Morgan fingerprint density at radius 1 is 0.609 bits per heavy atom. The normalized spacial score (nSPS) is 12.3. The quantitative estimate of drug-likeness (QED) is 0.364. The van der Waals surface area contributed by atoms with E-state index < -0.39 is 8.32 Å². The van der Waals surface area contributed by atoms with Gasteiger partial charge in [0.15, 0.2) is 0 Å². The van der Waals surface area contributed by atoms with Gasteiger partial charge in [-0.3, -0.25) is 0 Å². The molecule has 1 nitrogen and oxygen atoms in total. The van der Waals surface area contributed by atoms with Gasteiger partial charge in [0.1, 0.15) is 0 Å². The Morgan fingerprint density at radius 3 is 1.65 bits per heavy atom. The minimum absolute atomic E-state index is 1.29. The van der Waals surface area contributed by atoms with Crippen molar-refractivity contribution in [1.29, 1.82) is 0 Å². The highest BCUT2D eigenvalue weighted by molar-refractivity contribution is 6.84. The second kappa shape index (κ2) is 5.19. The van der Waals surface area contributed by atoms with Gasteiger partial charge in [0.25, 0.3) is 0 Å². The maximum atomic E-state index is 5.76. The molecular formula is C21H20OSi. The predicted molar refractivity (Wildman–Crippen MR) is 103 cm³/mol. The second-order valence-corrected chi connectivity index (χ2v) is 10.7. The molecule has 0 saturated heterocycles. The molecule has 2 heteroatoms. The lowest BCUT2D eigenvalue weighted by Gasteiger charge is -2.21. The monoisotopic (exact) mass is 316 g/mol. The zero-order valence-corrected chi connectivity index (χ0v) is 14.8. The first-order chi connectivity index (χ1) is 11.1. The van der Waals surface area contributed by atoms with E-state index in [2.05, 4.69) is 79.8 Å². The van der Waals surface area contributed by atoms with E-state index in [1.165, 1.54) is 37.5 Å². The van der Waals surface area contributed by atoms with Crippen LogP contribution in [0.1, 0.15) is 0 Å². The molecule has 0 aliphatic carbocycles. The number of benzene rings is 4. The van der Waals surface area contributed by atoms with Gasteiger partial charge in [0, 0.05) is 7.11 Å². The summed E-state index contributed by atoms with van der Waals surface area (Å²) >= 11 is 0. The second-order valence-electron chi connectivity index (χ2n) is 6.68. The van der Waals surface area contributed by atoms with Gasteiger partial charge in [-0.05, 0) is 74.9 Å². The molecule has 4 aromatic carbocycles. The molecule has 0 N–H and O–H groups in total. The van der Waals surface area contributed by atoms with Crippen molar-refractivity contribution >= 4 is 45.8 Å². The lowest BCUT2D eigenvalue weighted by atomic mass is 10.00. The molecule has 0 fully saturated rings. The first kappa shape index (κ1) is 14.4. The Hall–Kier alpha value is -2.16. The molecule has 0 spiro atoms. The van der Waals surface area contributed by atoms with Crippen molar-refractivity contribution in [1.82, 2.24) is 0 Å². The Morgan fingerprint density at radius 2 is 1.09 bits per heavy atom. The summed E-state index contributed by atoms with van der Waals surface area (Å²) in [6.45, 7) is 4.48. The van der Waals surface area contributed by atoms with Crippen molar-refractivity contribution in [2.24, 2.45) is 0 Å². The van der Waals surface area contributed by atoms with Crippen LogP contribution in [0, 0.1) is 0 Å². The first-order valence-corrected chi connectivity index (χ1v) is 10.9. The zero-order chi connectivity index (χ0) is 16.0. The van der Waals surface area contributed by atoms with Crippen LogP contribution in [0.15, 0.2) is 66.7 Å². The van der Waals surface area contributed by atoms with E-state index in [4.69, 9.17) is 4.43 Å². The third kappa shape index (κ3) is 2.44. The Bertz CT molecular complexity index is 1030. The molecule has 0 amide bonds. The fourth-order valence-electron chi connectivity index (χ4n) is 3.18. The van der Waals surface area contributed by atoms with Crippen LogP contribution in [0.3, 0.4) is 0 Å². The van der Waals surface area contributed by atoms with Crippen molar-refractivity contribution in [2.75, 3.05) is 7.11 Å². The highest BCUT2D eigenvalue weighted by Gasteiger charge is 2.23. The van der Waals surface area contributed by atoms with Crippen LogP contribution in [-0.2, 0) is 4.43 Å². The highest BCUT2D eigenvalue weighted by atomic mass is 28.4. The van der Waals surface area contributed by atoms with Gasteiger partial charge in [-0.2, -0.15) is 0 Å². The third-order valence-corrected chi connectivity index (χ3v) is 7.59. The summed E-state index contributed by atoms with van der Waals surface area (Å²) in [5, 5.41) is 9.11. The SMILES string of the molecule is CO[Si](C)(C)c1ccc2cc3cc4ccccc4cc3cc2c1. The summed E-state index contributed by atoms with van der Waals surface area (Å²) < 4.78 is 5.76. The third-order valence-electron chi connectivity index (χ3n) is 4.87. The van der Waals surface area contributed by atoms with Crippen LogP contribution >= 0.6 is 0 Å². The van der Waals surface area contributed by atoms with Gasteiger partial charge in [0.2, 0.25) is 8.32 Å². The van der Waals surface area contributed by atoms with E-state index in [1.54, 1.807) is 0 Å². The molecule has 0 heterocycles. The van der Waals surface area contributed by atoms with Gasteiger partial charge in [-0.25, -0.2) is 0 Å². The first-order valence-electron chi connectivity index (χ1n) is 7.99. The largest absolute Gasteiger partial charge is 0.416 e. The van der Waals surface area contributed by atoms with Crippen LogP contribution in [0.25, 0.3) is 32.3 Å². The molecule has 23 heavy (non-hydrogen) atoms. The van der Waals surface area contributed by atoms with Gasteiger partial charge in [-0.1, -0.05) is 42.5 Å². The van der Waals surface area contributed by atoms with E-state index in [9.17, 15) is 0 Å². The molecular weight excluding hydrogens is 296 g/mol. The molecule has 0 aromatic heterocycles. The molecule has 4 rings (SSSR count). The average Bonchev–Trinajstić information content (AvgIpc) is 2.57. The summed E-state index contributed by atoms with van der Waals surface area (Å²) in [4.78, 5) is 0. The fourth-order valence-corrected chi connectivity index (χ4v) is 4.41.